The van der Waals surface area contributed by atoms with Crippen molar-refractivity contribution < 1.29 is 24.2 Å². The Morgan fingerprint density at radius 3 is 2.52 bits per heavy atom. The molecule has 3 rings (SSSR count). The topological polar surface area (TPSA) is 95.9 Å². The Hall–Kier alpha value is -2.06. The lowest BCUT2D eigenvalue weighted by atomic mass is 9.93. The molecule has 2 heterocycles. The van der Waals surface area contributed by atoms with Crippen LogP contribution in [0.2, 0.25) is 0 Å². The molecular weight excluding hydrogens is 344 g/mol. The van der Waals surface area contributed by atoms with Crippen molar-refractivity contribution in [3.05, 3.63) is 35.9 Å². The van der Waals surface area contributed by atoms with Crippen molar-refractivity contribution in [2.45, 2.75) is 42.2 Å². The summed E-state index contributed by atoms with van der Waals surface area (Å²) in [6, 6.07) is 8.21. The van der Waals surface area contributed by atoms with Gasteiger partial charge in [-0.25, -0.2) is 4.79 Å². The number of methoxy groups -OCH3 is 1. The van der Waals surface area contributed by atoms with Crippen LogP contribution < -0.4 is 5.32 Å². The number of nitrogens with zero attached hydrogens (tertiary/aromatic N) is 1. The maximum Gasteiger partial charge on any atom is 0.327 e. The summed E-state index contributed by atoms with van der Waals surface area (Å²) in [5, 5.41) is 11.6. The van der Waals surface area contributed by atoms with E-state index in [0.29, 0.717) is 0 Å². The first kappa shape index (κ1) is 17.8. The zero-order valence-corrected chi connectivity index (χ0v) is 15.0. The van der Waals surface area contributed by atoms with Crippen LogP contribution in [0.5, 0.6) is 0 Å². The smallest absolute Gasteiger partial charge is 0.327 e. The van der Waals surface area contributed by atoms with Gasteiger partial charge in [-0.1, -0.05) is 30.3 Å². The van der Waals surface area contributed by atoms with Crippen LogP contribution >= 0.6 is 11.8 Å². The van der Waals surface area contributed by atoms with E-state index < -0.39 is 33.8 Å². The number of fused-ring (bicyclic) bond motifs is 1. The second-order valence-corrected chi connectivity index (χ2v) is 8.41. The molecule has 8 heteroatoms. The molecule has 1 aromatic carbocycles. The Morgan fingerprint density at radius 1 is 1.32 bits per heavy atom. The van der Waals surface area contributed by atoms with Gasteiger partial charge in [-0.05, 0) is 19.4 Å². The summed E-state index contributed by atoms with van der Waals surface area (Å²) in [5.74, 6) is -1.93. The molecule has 2 aliphatic rings. The number of nitrogens with one attached hydrogen (secondary N) is 1. The number of carbonyl (C=O) groups excluding carboxylic acids is 2. The molecule has 0 bridgehead atoms. The first-order chi connectivity index (χ1) is 11.7. The second kappa shape index (κ2) is 6.03. The van der Waals surface area contributed by atoms with Crippen LogP contribution in [0.3, 0.4) is 0 Å². The second-order valence-electron chi connectivity index (χ2n) is 6.68. The molecule has 2 N–H and O–H groups in total. The lowest BCUT2D eigenvalue weighted by Crippen LogP contribution is -2.80. The number of ether oxygens (including phenoxy) is 1. The van der Waals surface area contributed by atoms with Gasteiger partial charge >= 0.3 is 5.97 Å². The highest BCUT2D eigenvalue weighted by Crippen LogP contribution is 2.55. The number of aliphatic carboxylic acids is 1. The van der Waals surface area contributed by atoms with Gasteiger partial charge in [0, 0.05) is 11.9 Å². The van der Waals surface area contributed by atoms with Gasteiger partial charge in [0.15, 0.2) is 0 Å². The standard InChI is InChI=1S/C17H20N2O5S/c1-16(2)12(13(21)22)19-14(23)17(24-3,15(19)25-16)18-11(20)9-10-7-5-4-6-8-10/h4-8,12,15H,9H2,1-3H3,(H,18,20)(H,21,22)/t12?,15?,17-/m0/s1. The van der Waals surface area contributed by atoms with Crippen LogP contribution in [0.15, 0.2) is 30.3 Å². The van der Waals surface area contributed by atoms with Crippen LogP contribution in [-0.2, 0) is 25.5 Å². The van der Waals surface area contributed by atoms with E-state index >= 15 is 0 Å². The lowest BCUT2D eigenvalue weighted by molar-refractivity contribution is -0.201. The maximum atomic E-state index is 12.7. The molecule has 0 aromatic heterocycles. The highest BCUT2D eigenvalue weighted by Gasteiger charge is 2.73. The molecule has 7 nitrogen and oxygen atoms in total. The minimum absolute atomic E-state index is 0.113. The highest BCUT2D eigenvalue weighted by atomic mass is 32.2. The van der Waals surface area contributed by atoms with E-state index in [2.05, 4.69) is 5.32 Å². The molecule has 0 radical (unpaired) electrons. The van der Waals surface area contributed by atoms with Crippen molar-refractivity contribution >= 4 is 29.5 Å². The normalized spacial score (nSPS) is 29.7. The predicted molar refractivity (Wildman–Crippen MR) is 91.8 cm³/mol. The fourth-order valence-electron chi connectivity index (χ4n) is 3.42. The van der Waals surface area contributed by atoms with Crippen LogP contribution in [-0.4, -0.2) is 56.8 Å². The highest BCUT2D eigenvalue weighted by molar-refractivity contribution is 8.01. The average molecular weight is 364 g/mol. The van der Waals surface area contributed by atoms with Crippen molar-refractivity contribution in [3.8, 4) is 0 Å². The Morgan fingerprint density at radius 2 is 1.96 bits per heavy atom. The Kier molecular flexibility index (Phi) is 4.28. The Labute approximate surface area is 149 Å². The van der Waals surface area contributed by atoms with Gasteiger partial charge < -0.3 is 20.1 Å². The third-order valence-electron chi connectivity index (χ3n) is 4.59. The summed E-state index contributed by atoms with van der Waals surface area (Å²) in [6.07, 6.45) is 0.113. The van der Waals surface area contributed by atoms with Crippen LogP contribution in [0, 0.1) is 0 Å². The summed E-state index contributed by atoms with van der Waals surface area (Å²) in [5.41, 5.74) is -0.699. The summed E-state index contributed by atoms with van der Waals surface area (Å²) in [6.45, 7) is 3.54. The van der Waals surface area contributed by atoms with E-state index in [1.807, 2.05) is 30.3 Å². The average Bonchev–Trinajstić information content (AvgIpc) is 2.82. The molecule has 0 spiro atoms. The number of carboxylic acid groups (broad SMARTS) is 1. The molecule has 0 aliphatic carbocycles. The van der Waals surface area contributed by atoms with Crippen molar-refractivity contribution in [1.29, 1.82) is 0 Å². The molecule has 1 aromatic rings. The number of benzene rings is 1. The van der Waals surface area contributed by atoms with E-state index in [1.165, 1.54) is 23.8 Å². The molecule has 2 saturated heterocycles. The van der Waals surface area contributed by atoms with Crippen molar-refractivity contribution in [1.82, 2.24) is 10.2 Å². The monoisotopic (exact) mass is 364 g/mol. The zero-order chi connectivity index (χ0) is 18.4. The zero-order valence-electron chi connectivity index (χ0n) is 14.2. The Balaban J connectivity index is 1.80. The van der Waals surface area contributed by atoms with Crippen LogP contribution in [0.4, 0.5) is 0 Å². The number of β-lactam (4-membered cyclic amide) rings is 1. The van der Waals surface area contributed by atoms with Gasteiger partial charge in [0.1, 0.15) is 11.4 Å². The summed E-state index contributed by atoms with van der Waals surface area (Å²) in [4.78, 5) is 38.0. The first-order valence-electron chi connectivity index (χ1n) is 7.86. The molecule has 2 aliphatic heterocycles. The lowest BCUT2D eigenvalue weighted by Gasteiger charge is -2.51. The number of carboxylic acids is 1. The van der Waals surface area contributed by atoms with Crippen LogP contribution in [0.25, 0.3) is 0 Å². The molecule has 2 amide bonds. The summed E-state index contributed by atoms with van der Waals surface area (Å²) >= 11 is 1.32. The van der Waals surface area contributed by atoms with Gasteiger partial charge in [-0.15, -0.1) is 11.8 Å². The molecule has 3 atom stereocenters. The third kappa shape index (κ3) is 2.69. The Bertz CT molecular complexity index is 723. The summed E-state index contributed by atoms with van der Waals surface area (Å²) < 4.78 is 4.71. The molecule has 25 heavy (non-hydrogen) atoms. The predicted octanol–water partition coefficient (Wildman–Crippen LogP) is 0.835. The van der Waals surface area contributed by atoms with E-state index in [0.717, 1.165) is 5.56 Å². The van der Waals surface area contributed by atoms with Gasteiger partial charge in [-0.2, -0.15) is 0 Å². The van der Waals surface area contributed by atoms with Gasteiger partial charge in [0.05, 0.1) is 6.42 Å². The van der Waals surface area contributed by atoms with Crippen molar-refractivity contribution in [2.24, 2.45) is 0 Å². The molecule has 0 saturated carbocycles. The quantitative estimate of drug-likeness (QED) is 0.594. The van der Waals surface area contributed by atoms with E-state index in [1.54, 1.807) is 13.8 Å². The van der Waals surface area contributed by atoms with Gasteiger partial charge in [0.25, 0.3) is 11.6 Å². The molecule has 2 fully saturated rings. The van der Waals surface area contributed by atoms with E-state index in [9.17, 15) is 19.5 Å². The molecule has 134 valence electrons. The maximum absolute atomic E-state index is 12.7. The number of carbonyl (C=O) groups is 3. The first-order valence-corrected chi connectivity index (χ1v) is 8.74. The minimum Gasteiger partial charge on any atom is -0.480 e. The molecule has 2 unspecified atom stereocenters. The summed E-state index contributed by atoms with van der Waals surface area (Å²) in [7, 11) is 1.35. The van der Waals surface area contributed by atoms with E-state index in [-0.39, 0.29) is 12.3 Å². The fraction of sp³-hybridized carbons (Fsp3) is 0.471. The fourth-order valence-corrected chi connectivity index (χ4v) is 5.09. The van der Waals surface area contributed by atoms with Crippen LogP contribution in [0.1, 0.15) is 19.4 Å². The number of hydrogen-bond acceptors (Lipinski definition) is 5. The van der Waals surface area contributed by atoms with Gasteiger partial charge in [-0.3, -0.25) is 9.59 Å². The number of thioether (sulfide) groups is 1. The third-order valence-corrected chi connectivity index (χ3v) is 6.21. The van der Waals surface area contributed by atoms with Gasteiger partial charge in [0.2, 0.25) is 5.91 Å². The number of hydrogen-bond donors (Lipinski definition) is 2. The number of rotatable bonds is 5. The minimum atomic E-state index is -1.52. The van der Waals surface area contributed by atoms with E-state index in [4.69, 9.17) is 4.74 Å². The van der Waals surface area contributed by atoms with Crippen molar-refractivity contribution in [3.63, 3.8) is 0 Å². The van der Waals surface area contributed by atoms with Crippen molar-refractivity contribution in [2.75, 3.05) is 7.11 Å². The molecular formula is C17H20N2O5S. The number of amides is 2. The largest absolute Gasteiger partial charge is 0.480 e. The SMILES string of the molecule is CO[C@@]1(NC(=O)Cc2ccccc2)C(=O)N2C(C(=O)O)C(C)(C)SC21.